The van der Waals surface area contributed by atoms with Gasteiger partial charge in [-0.25, -0.2) is 0 Å². The first-order valence-electron chi connectivity index (χ1n) is 7.06. The van der Waals surface area contributed by atoms with Crippen LogP contribution in [0, 0.1) is 19.8 Å². The van der Waals surface area contributed by atoms with Gasteiger partial charge in [0, 0.05) is 18.0 Å². The highest BCUT2D eigenvalue weighted by Crippen LogP contribution is 2.34. The molecule has 1 amide bonds. The van der Waals surface area contributed by atoms with Crippen molar-refractivity contribution in [2.75, 3.05) is 13.1 Å². The summed E-state index contributed by atoms with van der Waals surface area (Å²) >= 11 is 1.61. The van der Waals surface area contributed by atoms with Crippen LogP contribution < -0.4 is 0 Å². The van der Waals surface area contributed by atoms with Crippen LogP contribution in [0.25, 0.3) is 0 Å². The fourth-order valence-corrected chi connectivity index (χ4v) is 4.19. The molecule has 0 aromatic carbocycles. The lowest BCUT2D eigenvalue weighted by Gasteiger charge is -2.33. The highest BCUT2D eigenvalue weighted by atomic mass is 32.1. The predicted molar refractivity (Wildman–Crippen MR) is 76.8 cm³/mol. The van der Waals surface area contributed by atoms with E-state index in [-0.39, 0.29) is 12.0 Å². The quantitative estimate of drug-likeness (QED) is 0.791. The molecule has 4 heteroatoms. The standard InChI is InChI=1S/C15H21NO2S/c1-9-6-14(19-11(9)3)15(17)16-5-4-12-7-10(2)18-13(12)8-16/h6,10,12-13H,4-5,7-8H2,1-3H3/t10-,12-,13+/m0/s1. The first-order valence-corrected chi connectivity index (χ1v) is 7.88. The minimum atomic E-state index is 0.183. The summed E-state index contributed by atoms with van der Waals surface area (Å²) in [6, 6.07) is 2.02. The van der Waals surface area contributed by atoms with Crippen LogP contribution in [0.1, 0.15) is 39.9 Å². The third kappa shape index (κ3) is 2.43. The number of ether oxygens (including phenoxy) is 1. The summed E-state index contributed by atoms with van der Waals surface area (Å²) in [7, 11) is 0. The van der Waals surface area contributed by atoms with Gasteiger partial charge in [0.2, 0.25) is 0 Å². The predicted octanol–water partition coefficient (Wildman–Crippen LogP) is 3.00. The summed E-state index contributed by atoms with van der Waals surface area (Å²) in [6.45, 7) is 7.92. The van der Waals surface area contributed by atoms with E-state index in [4.69, 9.17) is 4.74 Å². The maximum Gasteiger partial charge on any atom is 0.264 e. The van der Waals surface area contributed by atoms with E-state index in [1.54, 1.807) is 11.3 Å². The molecule has 0 saturated carbocycles. The van der Waals surface area contributed by atoms with E-state index in [0.29, 0.717) is 12.0 Å². The van der Waals surface area contributed by atoms with Gasteiger partial charge in [0.1, 0.15) is 0 Å². The molecule has 2 saturated heterocycles. The van der Waals surface area contributed by atoms with Gasteiger partial charge in [-0.05, 0) is 51.2 Å². The van der Waals surface area contributed by atoms with E-state index in [2.05, 4.69) is 20.8 Å². The van der Waals surface area contributed by atoms with Crippen LogP contribution in [0.3, 0.4) is 0 Å². The maximum atomic E-state index is 12.5. The Morgan fingerprint density at radius 1 is 1.47 bits per heavy atom. The molecule has 2 aliphatic heterocycles. The number of piperidine rings is 1. The summed E-state index contributed by atoms with van der Waals surface area (Å²) in [5.74, 6) is 0.841. The smallest absolute Gasteiger partial charge is 0.264 e. The number of carbonyl (C=O) groups is 1. The lowest BCUT2D eigenvalue weighted by Crippen LogP contribution is -2.45. The summed E-state index contributed by atoms with van der Waals surface area (Å²) in [4.78, 5) is 16.6. The second kappa shape index (κ2) is 4.91. The van der Waals surface area contributed by atoms with Gasteiger partial charge in [-0.3, -0.25) is 4.79 Å². The molecule has 0 bridgehead atoms. The Labute approximate surface area is 118 Å². The molecule has 1 aromatic heterocycles. The van der Waals surface area contributed by atoms with Gasteiger partial charge < -0.3 is 9.64 Å². The number of hydrogen-bond acceptors (Lipinski definition) is 3. The van der Waals surface area contributed by atoms with Gasteiger partial charge in [-0.1, -0.05) is 0 Å². The number of amides is 1. The minimum Gasteiger partial charge on any atom is -0.373 e. The number of fused-ring (bicyclic) bond motifs is 1. The lowest BCUT2D eigenvalue weighted by molar-refractivity contribution is 0.00172. The summed E-state index contributed by atoms with van der Waals surface area (Å²) in [6.07, 6.45) is 2.86. The van der Waals surface area contributed by atoms with Crippen molar-refractivity contribution in [3.63, 3.8) is 0 Å². The zero-order valence-electron chi connectivity index (χ0n) is 11.8. The molecule has 0 aliphatic carbocycles. The van der Waals surface area contributed by atoms with Gasteiger partial charge in [0.05, 0.1) is 17.1 Å². The lowest BCUT2D eigenvalue weighted by atomic mass is 9.92. The van der Waals surface area contributed by atoms with Crippen molar-refractivity contribution in [1.29, 1.82) is 0 Å². The summed E-state index contributed by atoms with van der Waals surface area (Å²) < 4.78 is 5.92. The number of rotatable bonds is 1. The molecule has 1 aromatic rings. The van der Waals surface area contributed by atoms with Crippen molar-refractivity contribution < 1.29 is 9.53 Å². The van der Waals surface area contributed by atoms with Crippen molar-refractivity contribution in [3.8, 4) is 0 Å². The number of aryl methyl sites for hydroxylation is 2. The van der Waals surface area contributed by atoms with Gasteiger partial charge in [-0.2, -0.15) is 0 Å². The SMILES string of the molecule is Cc1cc(C(=O)N2CC[C@H]3C[C@H](C)O[C@@H]3C2)sc1C. The molecule has 2 fully saturated rings. The zero-order valence-corrected chi connectivity index (χ0v) is 12.6. The number of carbonyl (C=O) groups excluding carboxylic acids is 1. The van der Waals surface area contributed by atoms with Crippen LogP contribution in [0.4, 0.5) is 0 Å². The van der Waals surface area contributed by atoms with E-state index in [9.17, 15) is 4.79 Å². The molecule has 3 heterocycles. The number of likely N-dealkylation sites (tertiary alicyclic amines) is 1. The van der Waals surface area contributed by atoms with E-state index < -0.39 is 0 Å². The van der Waals surface area contributed by atoms with Gasteiger partial charge in [0.25, 0.3) is 5.91 Å². The van der Waals surface area contributed by atoms with Crippen molar-refractivity contribution in [3.05, 3.63) is 21.4 Å². The van der Waals surface area contributed by atoms with Crippen LogP contribution in [0.5, 0.6) is 0 Å². The third-order valence-corrected chi connectivity index (χ3v) is 5.54. The zero-order chi connectivity index (χ0) is 13.6. The normalized spacial score (nSPS) is 30.5. The molecule has 0 N–H and O–H groups in total. The van der Waals surface area contributed by atoms with Crippen LogP contribution in [0.15, 0.2) is 6.07 Å². The Hall–Kier alpha value is -0.870. The maximum absolute atomic E-state index is 12.5. The highest BCUT2D eigenvalue weighted by molar-refractivity contribution is 7.14. The topological polar surface area (TPSA) is 29.5 Å². The van der Waals surface area contributed by atoms with Crippen molar-refractivity contribution in [2.24, 2.45) is 5.92 Å². The Morgan fingerprint density at radius 2 is 2.26 bits per heavy atom. The summed E-state index contributed by atoms with van der Waals surface area (Å²) in [5.41, 5.74) is 1.22. The molecule has 0 spiro atoms. The van der Waals surface area contributed by atoms with Crippen molar-refractivity contribution in [2.45, 2.75) is 45.8 Å². The van der Waals surface area contributed by atoms with Crippen LogP contribution >= 0.6 is 11.3 Å². The van der Waals surface area contributed by atoms with Crippen LogP contribution in [-0.2, 0) is 4.74 Å². The second-order valence-electron chi connectivity index (χ2n) is 5.87. The molecular weight excluding hydrogens is 258 g/mol. The Bertz CT molecular complexity index is 477. The Balaban J connectivity index is 1.71. The first kappa shape index (κ1) is 13.1. The van der Waals surface area contributed by atoms with Gasteiger partial charge in [0.15, 0.2) is 0 Å². The first-order chi connectivity index (χ1) is 9.04. The molecule has 0 unspecified atom stereocenters. The average molecular weight is 279 g/mol. The molecule has 0 radical (unpaired) electrons. The van der Waals surface area contributed by atoms with E-state index in [0.717, 1.165) is 30.8 Å². The van der Waals surface area contributed by atoms with Crippen molar-refractivity contribution in [1.82, 2.24) is 4.90 Å². The van der Waals surface area contributed by atoms with E-state index in [1.807, 2.05) is 11.0 Å². The van der Waals surface area contributed by atoms with Gasteiger partial charge in [-0.15, -0.1) is 11.3 Å². The third-order valence-electron chi connectivity index (χ3n) is 4.40. The van der Waals surface area contributed by atoms with E-state index in [1.165, 1.54) is 10.4 Å². The van der Waals surface area contributed by atoms with Crippen LogP contribution in [-0.4, -0.2) is 36.1 Å². The van der Waals surface area contributed by atoms with Gasteiger partial charge >= 0.3 is 0 Å². The molecule has 3 atom stereocenters. The molecule has 104 valence electrons. The molecule has 19 heavy (non-hydrogen) atoms. The molecule has 3 rings (SSSR count). The number of nitrogens with zero attached hydrogens (tertiary/aromatic N) is 1. The fraction of sp³-hybridized carbons (Fsp3) is 0.667. The highest BCUT2D eigenvalue weighted by Gasteiger charge is 2.38. The van der Waals surface area contributed by atoms with E-state index >= 15 is 0 Å². The molecule has 2 aliphatic rings. The number of thiophene rings is 1. The summed E-state index contributed by atoms with van der Waals surface area (Å²) in [5, 5.41) is 0. The molecule has 3 nitrogen and oxygen atoms in total. The minimum absolute atomic E-state index is 0.183. The van der Waals surface area contributed by atoms with Crippen LogP contribution in [0.2, 0.25) is 0 Å². The Kier molecular flexibility index (Phi) is 3.39. The fourth-order valence-electron chi connectivity index (χ4n) is 3.19. The van der Waals surface area contributed by atoms with Crippen molar-refractivity contribution >= 4 is 17.2 Å². The number of hydrogen-bond donors (Lipinski definition) is 0. The molecular formula is C15H21NO2S. The average Bonchev–Trinajstić information content (AvgIpc) is 2.90. The monoisotopic (exact) mass is 279 g/mol. The largest absolute Gasteiger partial charge is 0.373 e. The Morgan fingerprint density at radius 3 is 2.95 bits per heavy atom. The second-order valence-corrected chi connectivity index (χ2v) is 7.13.